The number of rotatable bonds is 2. The quantitative estimate of drug-likeness (QED) is 0.745. The molecule has 0 spiro atoms. The van der Waals surface area contributed by atoms with Crippen LogP contribution in [0.5, 0.6) is 0 Å². The lowest BCUT2D eigenvalue weighted by Crippen LogP contribution is -2.26. The van der Waals surface area contributed by atoms with Crippen LogP contribution in [0.15, 0.2) is 85.0 Å². The molecule has 1 aliphatic carbocycles. The van der Waals surface area contributed by atoms with Crippen LogP contribution in [0.25, 0.3) is 0 Å². The third kappa shape index (κ3) is 2.26. The second-order valence-electron chi connectivity index (χ2n) is 4.82. The Bertz CT molecular complexity index is 598. The van der Waals surface area contributed by atoms with Gasteiger partial charge in [-0.05, 0) is 11.1 Å². The Morgan fingerprint density at radius 2 is 1.42 bits per heavy atom. The summed E-state index contributed by atoms with van der Waals surface area (Å²) in [6, 6.07) is 21.0. The Morgan fingerprint density at radius 1 is 0.789 bits per heavy atom. The molecule has 0 saturated heterocycles. The van der Waals surface area contributed by atoms with Crippen LogP contribution in [0.4, 0.5) is 0 Å². The third-order valence-electron chi connectivity index (χ3n) is 3.63. The van der Waals surface area contributed by atoms with E-state index >= 15 is 0 Å². The largest absolute Gasteiger partial charge is 0.162 e. The van der Waals surface area contributed by atoms with Gasteiger partial charge in [-0.2, -0.15) is 12.6 Å². The first-order chi connectivity index (χ1) is 9.31. The summed E-state index contributed by atoms with van der Waals surface area (Å²) in [5.74, 6) is 0.254. The molecule has 0 aliphatic heterocycles. The smallest absolute Gasteiger partial charge is 0.0663 e. The van der Waals surface area contributed by atoms with Crippen LogP contribution < -0.4 is 0 Å². The highest BCUT2D eigenvalue weighted by molar-refractivity contribution is 7.81. The first-order valence-corrected chi connectivity index (χ1v) is 6.94. The fraction of sp³-hybridized carbons (Fsp3) is 0.111. The van der Waals surface area contributed by atoms with Gasteiger partial charge < -0.3 is 0 Å². The number of thiol groups is 1. The van der Waals surface area contributed by atoms with E-state index < -0.39 is 0 Å². The van der Waals surface area contributed by atoms with Crippen molar-refractivity contribution in [2.75, 3.05) is 0 Å². The van der Waals surface area contributed by atoms with Crippen molar-refractivity contribution < 1.29 is 0 Å². The summed E-state index contributed by atoms with van der Waals surface area (Å²) >= 11 is 5.01. The fourth-order valence-corrected chi connectivity index (χ4v) is 3.10. The molecule has 94 valence electrons. The van der Waals surface area contributed by atoms with E-state index in [1.165, 1.54) is 11.1 Å². The van der Waals surface area contributed by atoms with E-state index in [0.717, 1.165) is 0 Å². The minimum absolute atomic E-state index is 0.254. The first kappa shape index (κ1) is 12.3. The van der Waals surface area contributed by atoms with E-state index in [1.807, 2.05) is 6.07 Å². The van der Waals surface area contributed by atoms with Crippen molar-refractivity contribution in [3.63, 3.8) is 0 Å². The average molecular weight is 264 g/mol. The lowest BCUT2D eigenvalue weighted by Gasteiger charge is -2.35. The van der Waals surface area contributed by atoms with Gasteiger partial charge >= 0.3 is 0 Å². The summed E-state index contributed by atoms with van der Waals surface area (Å²) < 4.78 is -0.280. The highest BCUT2D eigenvalue weighted by Crippen LogP contribution is 2.46. The van der Waals surface area contributed by atoms with Crippen molar-refractivity contribution in [3.8, 4) is 0 Å². The molecular weight excluding hydrogens is 248 g/mol. The zero-order chi connectivity index (χ0) is 13.1. The van der Waals surface area contributed by atoms with Gasteiger partial charge in [-0.1, -0.05) is 85.0 Å². The molecule has 0 fully saturated rings. The van der Waals surface area contributed by atoms with Crippen LogP contribution >= 0.6 is 12.6 Å². The molecule has 2 unspecified atom stereocenters. The molecule has 0 amide bonds. The molecule has 0 radical (unpaired) electrons. The van der Waals surface area contributed by atoms with Crippen LogP contribution in [-0.2, 0) is 4.75 Å². The molecule has 2 aromatic rings. The summed E-state index contributed by atoms with van der Waals surface area (Å²) in [7, 11) is 0. The molecule has 0 bridgehead atoms. The van der Waals surface area contributed by atoms with E-state index in [1.54, 1.807) is 0 Å². The number of allylic oxidation sites excluding steroid dienone is 3. The Hall–Kier alpha value is -1.73. The predicted octanol–water partition coefficient (Wildman–Crippen LogP) is 4.72. The van der Waals surface area contributed by atoms with E-state index in [9.17, 15) is 0 Å². The van der Waals surface area contributed by atoms with Gasteiger partial charge in [-0.15, -0.1) is 0 Å². The normalized spacial score (nSPS) is 25.4. The van der Waals surface area contributed by atoms with E-state index in [2.05, 4.69) is 78.9 Å². The zero-order valence-corrected chi connectivity index (χ0v) is 11.5. The molecular formula is C18H16S. The molecule has 2 atom stereocenters. The lowest BCUT2D eigenvalue weighted by molar-refractivity contribution is 0.675. The van der Waals surface area contributed by atoms with Crippen molar-refractivity contribution in [2.45, 2.75) is 10.7 Å². The van der Waals surface area contributed by atoms with Gasteiger partial charge in [0, 0.05) is 5.92 Å². The molecule has 1 aliphatic rings. The molecule has 0 aromatic heterocycles. The predicted molar refractivity (Wildman–Crippen MR) is 84.6 cm³/mol. The molecule has 19 heavy (non-hydrogen) atoms. The monoisotopic (exact) mass is 264 g/mol. The highest BCUT2D eigenvalue weighted by atomic mass is 32.1. The second-order valence-corrected chi connectivity index (χ2v) is 5.56. The van der Waals surface area contributed by atoms with Crippen LogP contribution in [0.3, 0.4) is 0 Å². The summed E-state index contributed by atoms with van der Waals surface area (Å²) in [6.45, 7) is 0. The van der Waals surface area contributed by atoms with Crippen molar-refractivity contribution in [1.29, 1.82) is 0 Å². The van der Waals surface area contributed by atoms with Gasteiger partial charge in [-0.25, -0.2) is 0 Å². The van der Waals surface area contributed by atoms with Gasteiger partial charge in [0.15, 0.2) is 0 Å². The number of hydrogen-bond acceptors (Lipinski definition) is 1. The number of benzene rings is 2. The van der Waals surface area contributed by atoms with Crippen molar-refractivity contribution in [1.82, 2.24) is 0 Å². The van der Waals surface area contributed by atoms with Crippen molar-refractivity contribution in [2.24, 2.45) is 0 Å². The molecule has 0 nitrogen and oxygen atoms in total. The molecule has 1 heteroatoms. The van der Waals surface area contributed by atoms with Gasteiger partial charge in [0.25, 0.3) is 0 Å². The van der Waals surface area contributed by atoms with Gasteiger partial charge in [0.2, 0.25) is 0 Å². The van der Waals surface area contributed by atoms with Crippen molar-refractivity contribution in [3.05, 3.63) is 96.1 Å². The fourth-order valence-electron chi connectivity index (χ4n) is 2.63. The van der Waals surface area contributed by atoms with E-state index in [4.69, 9.17) is 12.6 Å². The Kier molecular flexibility index (Phi) is 3.31. The van der Waals surface area contributed by atoms with Gasteiger partial charge in [-0.3, -0.25) is 0 Å². The summed E-state index contributed by atoms with van der Waals surface area (Å²) in [5.41, 5.74) is 2.52. The lowest BCUT2D eigenvalue weighted by atomic mass is 9.78. The Balaban J connectivity index is 2.08. The SMILES string of the molecule is SC1(c2ccccc2)C=CC=CC1c1ccccc1. The zero-order valence-electron chi connectivity index (χ0n) is 10.6. The van der Waals surface area contributed by atoms with Crippen LogP contribution in [-0.4, -0.2) is 0 Å². The molecule has 0 saturated carbocycles. The number of hydrogen-bond donors (Lipinski definition) is 1. The second kappa shape index (κ2) is 5.10. The maximum atomic E-state index is 5.01. The van der Waals surface area contributed by atoms with E-state index in [-0.39, 0.29) is 10.7 Å². The minimum atomic E-state index is -0.280. The minimum Gasteiger partial charge on any atom is -0.162 e. The van der Waals surface area contributed by atoms with Crippen LogP contribution in [0.1, 0.15) is 17.0 Å². The topological polar surface area (TPSA) is 0 Å². The van der Waals surface area contributed by atoms with Crippen LogP contribution in [0.2, 0.25) is 0 Å². The van der Waals surface area contributed by atoms with Gasteiger partial charge in [0.05, 0.1) is 4.75 Å². The Morgan fingerprint density at radius 3 is 2.11 bits per heavy atom. The summed E-state index contributed by atoms with van der Waals surface area (Å²) in [4.78, 5) is 0. The standard InChI is InChI=1S/C18H16S/c19-18(16-11-5-2-6-12-16)14-8-7-13-17(18)15-9-3-1-4-10-15/h1-14,17,19H. The van der Waals surface area contributed by atoms with Crippen molar-refractivity contribution >= 4 is 12.6 Å². The third-order valence-corrected chi connectivity index (χ3v) is 4.32. The van der Waals surface area contributed by atoms with Gasteiger partial charge in [0.1, 0.15) is 0 Å². The molecule has 2 aromatic carbocycles. The highest BCUT2D eigenvalue weighted by Gasteiger charge is 2.35. The summed E-state index contributed by atoms with van der Waals surface area (Å²) in [6.07, 6.45) is 8.60. The first-order valence-electron chi connectivity index (χ1n) is 6.49. The molecule has 3 rings (SSSR count). The van der Waals surface area contributed by atoms with E-state index in [0.29, 0.717) is 0 Å². The van der Waals surface area contributed by atoms with Crippen LogP contribution in [0, 0.1) is 0 Å². The summed E-state index contributed by atoms with van der Waals surface area (Å²) in [5, 5.41) is 0. The molecule has 0 heterocycles. The molecule has 0 N–H and O–H groups in total. The Labute approximate surface area is 119 Å². The maximum Gasteiger partial charge on any atom is 0.0663 e. The maximum absolute atomic E-state index is 5.01. The average Bonchev–Trinajstić information content (AvgIpc) is 2.49.